The zero-order chi connectivity index (χ0) is 26.6. The van der Waals surface area contributed by atoms with Crippen LogP contribution < -0.4 is 15.0 Å². The molecule has 0 aliphatic carbocycles. The lowest BCUT2D eigenvalue weighted by Gasteiger charge is -2.13. The van der Waals surface area contributed by atoms with E-state index in [4.69, 9.17) is 23.9 Å². The Balaban J connectivity index is 1.42. The quantitative estimate of drug-likeness (QED) is 0.160. The number of nitrogens with zero attached hydrogens (tertiary/aromatic N) is 3. The molecular weight excluding hydrogens is 498 g/mol. The van der Waals surface area contributed by atoms with E-state index in [1.165, 1.54) is 11.8 Å². The van der Waals surface area contributed by atoms with E-state index in [9.17, 15) is 4.79 Å². The smallest absolute Gasteiger partial charge is 0.262 e. The van der Waals surface area contributed by atoms with E-state index < -0.39 is 0 Å². The van der Waals surface area contributed by atoms with Gasteiger partial charge in [0.2, 0.25) is 5.89 Å². The number of benzene rings is 3. The lowest BCUT2D eigenvalue weighted by atomic mass is 10.2. The average molecular weight is 528 g/mol. The van der Waals surface area contributed by atoms with Gasteiger partial charge in [-0.1, -0.05) is 36.0 Å². The maximum atomic E-state index is 13.5. The highest BCUT2D eigenvalue weighted by molar-refractivity contribution is 7.98. The van der Waals surface area contributed by atoms with Gasteiger partial charge in [0.1, 0.15) is 17.3 Å². The third-order valence-electron chi connectivity index (χ3n) is 6.03. The average Bonchev–Trinajstić information content (AvgIpc) is 3.30. The predicted molar refractivity (Wildman–Crippen MR) is 150 cm³/mol. The van der Waals surface area contributed by atoms with Crippen LogP contribution in [0.2, 0.25) is 0 Å². The molecule has 0 fully saturated rings. The molecule has 0 radical (unpaired) electrons. The van der Waals surface area contributed by atoms with Crippen LogP contribution in [-0.2, 0) is 12.3 Å². The minimum absolute atomic E-state index is 0.0739. The van der Waals surface area contributed by atoms with Gasteiger partial charge in [-0.3, -0.25) is 9.36 Å². The molecule has 3 aromatic carbocycles. The molecule has 194 valence electrons. The van der Waals surface area contributed by atoms with Crippen molar-refractivity contribution in [3.8, 4) is 23.0 Å². The van der Waals surface area contributed by atoms with Crippen molar-refractivity contribution < 1.29 is 13.9 Å². The van der Waals surface area contributed by atoms with Gasteiger partial charge < -0.3 is 13.9 Å². The summed E-state index contributed by atoms with van der Waals surface area (Å²) in [7, 11) is 1.63. The minimum Gasteiger partial charge on any atom is -0.497 e. The van der Waals surface area contributed by atoms with Crippen molar-refractivity contribution in [3.05, 3.63) is 100 Å². The zero-order valence-corrected chi connectivity index (χ0v) is 22.6. The molecule has 38 heavy (non-hydrogen) atoms. The van der Waals surface area contributed by atoms with E-state index in [0.717, 1.165) is 34.1 Å². The molecule has 0 atom stereocenters. The maximum absolute atomic E-state index is 13.5. The molecule has 0 N–H and O–H groups in total. The number of hydrogen-bond acceptors (Lipinski definition) is 7. The number of rotatable bonds is 9. The van der Waals surface area contributed by atoms with Crippen molar-refractivity contribution in [3.63, 3.8) is 0 Å². The summed E-state index contributed by atoms with van der Waals surface area (Å²) >= 11 is 1.47. The van der Waals surface area contributed by atoms with Gasteiger partial charge in [-0.25, -0.2) is 9.97 Å². The van der Waals surface area contributed by atoms with E-state index in [2.05, 4.69) is 0 Å². The third kappa shape index (κ3) is 5.60. The second-order valence-electron chi connectivity index (χ2n) is 9.15. The predicted octanol–water partition coefficient (Wildman–Crippen LogP) is 6.50. The number of aromatic nitrogens is 3. The van der Waals surface area contributed by atoms with E-state index in [1.807, 2.05) is 93.6 Å². The minimum atomic E-state index is -0.0739. The number of ether oxygens (including phenoxy) is 2. The monoisotopic (exact) mass is 527 g/mol. The highest BCUT2D eigenvalue weighted by Crippen LogP contribution is 2.29. The molecule has 0 saturated heterocycles. The molecule has 0 saturated carbocycles. The normalized spacial score (nSPS) is 11.3. The molecule has 0 unspecified atom stereocenters. The Hall–Kier alpha value is -4.04. The Morgan fingerprint density at radius 1 is 0.947 bits per heavy atom. The highest BCUT2D eigenvalue weighted by atomic mass is 32.2. The number of methoxy groups -OCH3 is 1. The Morgan fingerprint density at radius 2 is 1.66 bits per heavy atom. The molecule has 5 rings (SSSR count). The van der Waals surface area contributed by atoms with Gasteiger partial charge in [0, 0.05) is 11.3 Å². The number of para-hydroxylation sites is 1. The van der Waals surface area contributed by atoms with E-state index in [1.54, 1.807) is 11.7 Å². The number of hydrogen-bond donors (Lipinski definition) is 0. The van der Waals surface area contributed by atoms with Crippen LogP contribution >= 0.6 is 11.8 Å². The van der Waals surface area contributed by atoms with Gasteiger partial charge >= 0.3 is 0 Å². The van der Waals surface area contributed by atoms with Gasteiger partial charge in [0.05, 0.1) is 36.4 Å². The lowest BCUT2D eigenvalue weighted by Crippen LogP contribution is -2.24. The third-order valence-corrected chi connectivity index (χ3v) is 7.02. The first-order valence-corrected chi connectivity index (χ1v) is 13.4. The fourth-order valence-electron chi connectivity index (χ4n) is 4.08. The van der Waals surface area contributed by atoms with Crippen LogP contribution in [0.3, 0.4) is 0 Å². The summed E-state index contributed by atoms with van der Waals surface area (Å²) in [6.07, 6.45) is 0.110. The summed E-state index contributed by atoms with van der Waals surface area (Å²) in [6.45, 7) is 6.30. The maximum Gasteiger partial charge on any atom is 0.262 e. The molecule has 2 heterocycles. The number of oxazole rings is 1. The van der Waals surface area contributed by atoms with Gasteiger partial charge in [-0.05, 0) is 74.9 Å². The highest BCUT2D eigenvalue weighted by Gasteiger charge is 2.16. The van der Waals surface area contributed by atoms with Gasteiger partial charge in [-0.15, -0.1) is 0 Å². The topological polar surface area (TPSA) is 79.4 Å². The molecular formula is C30H29N3O4S. The Kier molecular flexibility index (Phi) is 7.51. The molecule has 7 nitrogen and oxygen atoms in total. The molecule has 0 aliphatic heterocycles. The van der Waals surface area contributed by atoms with Crippen LogP contribution in [0, 0.1) is 6.92 Å². The summed E-state index contributed by atoms with van der Waals surface area (Å²) in [4.78, 5) is 23.1. The van der Waals surface area contributed by atoms with Crippen molar-refractivity contribution in [1.29, 1.82) is 0 Å². The Morgan fingerprint density at radius 3 is 2.37 bits per heavy atom. The van der Waals surface area contributed by atoms with Gasteiger partial charge in [-0.2, -0.15) is 0 Å². The summed E-state index contributed by atoms with van der Waals surface area (Å²) in [5.41, 5.74) is 3.27. The largest absolute Gasteiger partial charge is 0.497 e. The van der Waals surface area contributed by atoms with Crippen molar-refractivity contribution >= 4 is 22.7 Å². The van der Waals surface area contributed by atoms with Crippen molar-refractivity contribution in [2.45, 2.75) is 44.3 Å². The molecule has 0 amide bonds. The van der Waals surface area contributed by atoms with Crippen molar-refractivity contribution in [1.82, 2.24) is 14.5 Å². The number of aryl methyl sites for hydroxylation is 1. The second kappa shape index (κ2) is 11.1. The van der Waals surface area contributed by atoms with Crippen LogP contribution in [0.5, 0.6) is 11.5 Å². The van der Waals surface area contributed by atoms with Crippen LogP contribution in [0.4, 0.5) is 0 Å². The fourth-order valence-corrected chi connectivity index (χ4v) is 5.08. The Bertz CT molecular complexity index is 1610. The van der Waals surface area contributed by atoms with Gasteiger partial charge in [0.15, 0.2) is 5.16 Å². The molecule has 2 aromatic heterocycles. The fraction of sp³-hybridized carbons (Fsp3) is 0.233. The van der Waals surface area contributed by atoms with E-state index in [0.29, 0.717) is 34.2 Å². The summed E-state index contributed by atoms with van der Waals surface area (Å²) in [6, 6.07) is 22.8. The first kappa shape index (κ1) is 25.6. The SMILES string of the molecule is COc1ccc(Cn2c(SCc3nc(-c4ccc(OC(C)C)cc4)oc3C)nc3ccccc3c2=O)cc1. The zero-order valence-electron chi connectivity index (χ0n) is 21.8. The molecule has 0 bridgehead atoms. The van der Waals surface area contributed by atoms with Crippen LogP contribution in [-0.4, -0.2) is 27.7 Å². The molecule has 0 aliphatic rings. The van der Waals surface area contributed by atoms with E-state index in [-0.39, 0.29) is 11.7 Å². The van der Waals surface area contributed by atoms with Crippen LogP contribution in [0.15, 0.2) is 87.2 Å². The van der Waals surface area contributed by atoms with E-state index >= 15 is 0 Å². The summed E-state index contributed by atoms with van der Waals surface area (Å²) in [5.74, 6) is 3.37. The molecule has 5 aromatic rings. The Labute approximate surface area is 225 Å². The number of thioether (sulfide) groups is 1. The first-order chi connectivity index (χ1) is 18.4. The molecule has 8 heteroatoms. The van der Waals surface area contributed by atoms with Crippen LogP contribution in [0.25, 0.3) is 22.4 Å². The summed E-state index contributed by atoms with van der Waals surface area (Å²) < 4.78 is 18.7. The first-order valence-electron chi connectivity index (χ1n) is 12.4. The number of fused-ring (bicyclic) bond motifs is 1. The van der Waals surface area contributed by atoms with Crippen LogP contribution in [0.1, 0.15) is 30.9 Å². The standard InChI is InChI=1S/C30H29N3O4S/c1-19(2)36-24-15-11-22(12-16-24)28-31-27(20(3)37-28)18-38-30-32-26-8-6-5-7-25(26)29(34)33(30)17-21-9-13-23(35-4)14-10-21/h5-16,19H,17-18H2,1-4H3. The molecule has 0 spiro atoms. The van der Waals surface area contributed by atoms with Gasteiger partial charge in [0.25, 0.3) is 5.56 Å². The van der Waals surface area contributed by atoms with Crippen molar-refractivity contribution in [2.24, 2.45) is 0 Å². The van der Waals surface area contributed by atoms with Crippen molar-refractivity contribution in [2.75, 3.05) is 7.11 Å². The second-order valence-corrected chi connectivity index (χ2v) is 10.1. The summed E-state index contributed by atoms with van der Waals surface area (Å²) in [5, 5.41) is 1.22. The lowest BCUT2D eigenvalue weighted by molar-refractivity contribution is 0.242.